The van der Waals surface area contributed by atoms with E-state index in [0.717, 1.165) is 34.8 Å². The lowest BCUT2D eigenvalue weighted by atomic mass is 10.2. The predicted octanol–water partition coefficient (Wildman–Crippen LogP) is 3.47. The van der Waals surface area contributed by atoms with Gasteiger partial charge in [-0.3, -0.25) is 0 Å². The van der Waals surface area contributed by atoms with Crippen LogP contribution in [0.4, 0.5) is 0 Å². The topological polar surface area (TPSA) is 63.8 Å². The molecule has 0 saturated carbocycles. The zero-order chi connectivity index (χ0) is 14.2. The van der Waals surface area contributed by atoms with Gasteiger partial charge in [0.1, 0.15) is 5.69 Å². The highest BCUT2D eigenvalue weighted by Gasteiger charge is 2.23. The molecule has 5 nitrogen and oxygen atoms in total. The molecular formula is C15H13BrN4O. The van der Waals surface area contributed by atoms with Crippen LogP contribution in [0, 0.1) is 0 Å². The standard InChI is InChI=1S/C15H13BrN4O/c16-10-8-9-4-1-2-5-11(9)18-13(10)14-19-15(21-20-14)12-6-3-7-17-12/h1-2,4-5,8,12,17H,3,6-7H2/t12-/m1/s1. The number of rotatable bonds is 2. The summed E-state index contributed by atoms with van der Waals surface area (Å²) in [6.45, 7) is 1.00. The van der Waals surface area contributed by atoms with Gasteiger partial charge in [0.2, 0.25) is 11.7 Å². The smallest absolute Gasteiger partial charge is 0.244 e. The van der Waals surface area contributed by atoms with Crippen molar-refractivity contribution in [3.8, 4) is 11.5 Å². The molecule has 1 fully saturated rings. The van der Waals surface area contributed by atoms with Crippen molar-refractivity contribution in [1.29, 1.82) is 0 Å². The lowest BCUT2D eigenvalue weighted by Crippen LogP contribution is -2.13. The monoisotopic (exact) mass is 344 g/mol. The summed E-state index contributed by atoms with van der Waals surface area (Å²) in [5.74, 6) is 1.17. The van der Waals surface area contributed by atoms with Gasteiger partial charge in [-0.1, -0.05) is 23.4 Å². The minimum atomic E-state index is 0.172. The molecule has 3 heterocycles. The van der Waals surface area contributed by atoms with Crippen LogP contribution in [-0.4, -0.2) is 21.7 Å². The summed E-state index contributed by atoms with van der Waals surface area (Å²) >= 11 is 3.55. The zero-order valence-corrected chi connectivity index (χ0v) is 12.8. The zero-order valence-electron chi connectivity index (χ0n) is 11.2. The Morgan fingerprint density at radius 2 is 2.14 bits per heavy atom. The van der Waals surface area contributed by atoms with E-state index in [9.17, 15) is 0 Å². The third-order valence-corrected chi connectivity index (χ3v) is 4.29. The number of nitrogens with one attached hydrogen (secondary N) is 1. The molecule has 6 heteroatoms. The molecule has 0 bridgehead atoms. The van der Waals surface area contributed by atoms with Gasteiger partial charge in [0, 0.05) is 9.86 Å². The highest BCUT2D eigenvalue weighted by molar-refractivity contribution is 9.10. The normalized spacial score (nSPS) is 18.4. The fraction of sp³-hybridized carbons (Fsp3) is 0.267. The van der Waals surface area contributed by atoms with Crippen LogP contribution >= 0.6 is 15.9 Å². The first kappa shape index (κ1) is 12.9. The van der Waals surface area contributed by atoms with E-state index < -0.39 is 0 Å². The molecule has 1 aliphatic rings. The van der Waals surface area contributed by atoms with Crippen molar-refractivity contribution < 1.29 is 4.52 Å². The summed E-state index contributed by atoms with van der Waals surface area (Å²) < 4.78 is 6.25. The van der Waals surface area contributed by atoms with Crippen LogP contribution < -0.4 is 5.32 Å². The average Bonchev–Trinajstić information content (AvgIpc) is 3.17. The average molecular weight is 345 g/mol. The molecule has 0 aliphatic carbocycles. The van der Waals surface area contributed by atoms with Gasteiger partial charge in [0.15, 0.2) is 0 Å². The van der Waals surface area contributed by atoms with Crippen molar-refractivity contribution in [3.63, 3.8) is 0 Å². The minimum absolute atomic E-state index is 0.172. The molecule has 0 spiro atoms. The van der Waals surface area contributed by atoms with Crippen LogP contribution in [0.15, 0.2) is 39.3 Å². The first-order valence-electron chi connectivity index (χ1n) is 6.94. The molecule has 0 unspecified atom stereocenters. The lowest BCUT2D eigenvalue weighted by molar-refractivity contribution is 0.345. The molecule has 1 N–H and O–H groups in total. The molecule has 0 radical (unpaired) electrons. The Bertz CT molecular complexity index is 795. The number of nitrogens with zero attached hydrogens (tertiary/aromatic N) is 3. The van der Waals surface area contributed by atoms with E-state index in [1.165, 1.54) is 0 Å². The summed E-state index contributed by atoms with van der Waals surface area (Å²) in [5.41, 5.74) is 1.63. The molecule has 1 aliphatic heterocycles. The fourth-order valence-electron chi connectivity index (χ4n) is 2.62. The van der Waals surface area contributed by atoms with Gasteiger partial charge in [-0.05, 0) is 47.4 Å². The first-order valence-corrected chi connectivity index (χ1v) is 7.73. The van der Waals surface area contributed by atoms with E-state index in [1.807, 2.05) is 30.3 Å². The maximum absolute atomic E-state index is 5.39. The van der Waals surface area contributed by atoms with Gasteiger partial charge in [0.05, 0.1) is 11.6 Å². The van der Waals surface area contributed by atoms with E-state index in [0.29, 0.717) is 17.4 Å². The molecule has 1 atom stereocenters. The molecule has 2 aromatic heterocycles. The number of para-hydroxylation sites is 1. The molecular weight excluding hydrogens is 332 g/mol. The van der Waals surface area contributed by atoms with Gasteiger partial charge in [0.25, 0.3) is 0 Å². The number of hydrogen-bond acceptors (Lipinski definition) is 5. The molecule has 1 aromatic carbocycles. The van der Waals surface area contributed by atoms with E-state index >= 15 is 0 Å². The van der Waals surface area contributed by atoms with Gasteiger partial charge in [-0.25, -0.2) is 4.98 Å². The maximum atomic E-state index is 5.39. The third-order valence-electron chi connectivity index (χ3n) is 3.69. The van der Waals surface area contributed by atoms with Gasteiger partial charge in [-0.2, -0.15) is 4.98 Å². The molecule has 3 aromatic rings. The van der Waals surface area contributed by atoms with Crippen molar-refractivity contribution >= 4 is 26.8 Å². The van der Waals surface area contributed by atoms with Crippen LogP contribution in [0.1, 0.15) is 24.8 Å². The van der Waals surface area contributed by atoms with Crippen LogP contribution in [0.5, 0.6) is 0 Å². The van der Waals surface area contributed by atoms with Crippen LogP contribution in [0.3, 0.4) is 0 Å². The third kappa shape index (κ3) is 2.34. The van der Waals surface area contributed by atoms with Crippen molar-refractivity contribution in [2.45, 2.75) is 18.9 Å². The molecule has 106 valence electrons. The Hall–Kier alpha value is -1.79. The van der Waals surface area contributed by atoms with Crippen LogP contribution in [0.2, 0.25) is 0 Å². The lowest BCUT2D eigenvalue weighted by Gasteiger charge is -2.03. The number of hydrogen-bond donors (Lipinski definition) is 1. The Labute approximate surface area is 129 Å². The summed E-state index contributed by atoms with van der Waals surface area (Å²) in [6.07, 6.45) is 2.17. The minimum Gasteiger partial charge on any atom is -0.337 e. The van der Waals surface area contributed by atoms with E-state index in [2.05, 4.69) is 36.4 Å². The van der Waals surface area contributed by atoms with Crippen LogP contribution in [-0.2, 0) is 0 Å². The molecule has 4 rings (SSSR count). The SMILES string of the molecule is Brc1cc2ccccc2nc1-c1noc([C@H]2CCCN2)n1. The fourth-order valence-corrected chi connectivity index (χ4v) is 3.13. The van der Waals surface area contributed by atoms with Gasteiger partial charge < -0.3 is 9.84 Å². The number of pyridine rings is 1. The molecule has 1 saturated heterocycles. The summed E-state index contributed by atoms with van der Waals surface area (Å²) in [5, 5.41) is 8.51. The molecule has 21 heavy (non-hydrogen) atoms. The van der Waals surface area contributed by atoms with Crippen molar-refractivity contribution in [2.24, 2.45) is 0 Å². The highest BCUT2D eigenvalue weighted by Crippen LogP contribution is 2.29. The summed E-state index contributed by atoms with van der Waals surface area (Å²) in [7, 11) is 0. The number of fused-ring (bicyclic) bond motifs is 1. The van der Waals surface area contributed by atoms with Gasteiger partial charge >= 0.3 is 0 Å². The second-order valence-electron chi connectivity index (χ2n) is 5.12. The van der Waals surface area contributed by atoms with Crippen molar-refractivity contribution in [1.82, 2.24) is 20.4 Å². The Morgan fingerprint density at radius 3 is 3.00 bits per heavy atom. The summed E-state index contributed by atoms with van der Waals surface area (Å²) in [6, 6.07) is 10.2. The molecule has 0 amide bonds. The Balaban J connectivity index is 1.77. The largest absolute Gasteiger partial charge is 0.337 e. The Morgan fingerprint density at radius 1 is 1.24 bits per heavy atom. The van der Waals surface area contributed by atoms with Crippen molar-refractivity contribution in [3.05, 3.63) is 40.7 Å². The summed E-state index contributed by atoms with van der Waals surface area (Å²) in [4.78, 5) is 9.13. The van der Waals surface area contributed by atoms with Crippen molar-refractivity contribution in [2.75, 3.05) is 6.54 Å². The van der Waals surface area contributed by atoms with E-state index in [1.54, 1.807) is 0 Å². The number of halogens is 1. The first-order chi connectivity index (χ1) is 10.3. The number of aromatic nitrogens is 3. The van der Waals surface area contributed by atoms with Crippen LogP contribution in [0.25, 0.3) is 22.4 Å². The quantitative estimate of drug-likeness (QED) is 0.771. The second-order valence-corrected chi connectivity index (χ2v) is 5.97. The Kier molecular flexibility index (Phi) is 3.20. The van der Waals surface area contributed by atoms with E-state index in [4.69, 9.17) is 4.52 Å². The number of benzene rings is 1. The van der Waals surface area contributed by atoms with Gasteiger partial charge in [-0.15, -0.1) is 0 Å². The maximum Gasteiger partial charge on any atom is 0.244 e. The predicted molar refractivity (Wildman–Crippen MR) is 82.7 cm³/mol. The second kappa shape index (κ2) is 5.20. The highest BCUT2D eigenvalue weighted by atomic mass is 79.9. The van der Waals surface area contributed by atoms with E-state index in [-0.39, 0.29) is 6.04 Å².